The van der Waals surface area contributed by atoms with Gasteiger partial charge in [-0.2, -0.15) is 0 Å². The van der Waals surface area contributed by atoms with Gasteiger partial charge in [0, 0.05) is 34.8 Å². The molecule has 0 radical (unpaired) electrons. The first kappa shape index (κ1) is 23.8. The number of nitrogens with two attached hydrogens (primary N) is 1. The Labute approximate surface area is 218 Å². The van der Waals surface area contributed by atoms with Crippen molar-refractivity contribution in [3.05, 3.63) is 79.3 Å². The Hall–Kier alpha value is -4.61. The molecule has 1 unspecified atom stereocenters. The molecule has 0 fully saturated rings. The Morgan fingerprint density at radius 2 is 1.97 bits per heavy atom. The molecule has 2 aromatic carbocycles. The highest BCUT2D eigenvalue weighted by Crippen LogP contribution is 2.47. The number of rotatable bonds is 5. The summed E-state index contributed by atoms with van der Waals surface area (Å²) in [5.41, 5.74) is 11.5. The first-order chi connectivity index (χ1) is 18.3. The molecule has 38 heavy (non-hydrogen) atoms. The van der Waals surface area contributed by atoms with Gasteiger partial charge in [0.15, 0.2) is 0 Å². The van der Waals surface area contributed by atoms with Gasteiger partial charge in [-0.3, -0.25) is 9.78 Å². The highest BCUT2D eigenvalue weighted by molar-refractivity contribution is 7.89. The van der Waals surface area contributed by atoms with Crippen molar-refractivity contribution in [1.29, 1.82) is 0 Å². The molecule has 190 valence electrons. The van der Waals surface area contributed by atoms with Gasteiger partial charge < -0.3 is 15.6 Å². The molecular weight excluding hydrogens is 502 g/mol. The molecule has 3 aromatic heterocycles. The molecule has 0 spiro atoms. The number of nitrogen functional groups attached to an aromatic ring is 1. The second kappa shape index (κ2) is 8.75. The maximum absolute atomic E-state index is 12.8. The molecule has 0 bridgehead atoms. The fraction of sp³-hybridized carbons (Fsp3) is 0.111. The van der Waals surface area contributed by atoms with Crippen LogP contribution in [0.2, 0.25) is 0 Å². The van der Waals surface area contributed by atoms with Gasteiger partial charge in [-0.25, -0.2) is 23.1 Å². The van der Waals surface area contributed by atoms with E-state index in [1.807, 2.05) is 34.9 Å². The van der Waals surface area contributed by atoms with E-state index in [4.69, 9.17) is 5.73 Å². The second-order valence-electron chi connectivity index (χ2n) is 8.93. The zero-order valence-electron chi connectivity index (χ0n) is 20.3. The Balaban J connectivity index is 1.72. The number of fused-ring (bicyclic) bond motifs is 6. The topological polar surface area (TPSA) is 145 Å². The molecule has 10 nitrogen and oxygen atoms in total. The predicted octanol–water partition coefficient (Wildman–Crippen LogP) is 3.16. The van der Waals surface area contributed by atoms with E-state index in [-0.39, 0.29) is 16.6 Å². The summed E-state index contributed by atoms with van der Waals surface area (Å²) in [5.74, 6) is -0.0619. The smallest absolute Gasteiger partial charge is 0.243 e. The van der Waals surface area contributed by atoms with Crippen LogP contribution in [0.3, 0.4) is 0 Å². The van der Waals surface area contributed by atoms with Crippen LogP contribution in [0.5, 0.6) is 0 Å². The van der Waals surface area contributed by atoms with Crippen LogP contribution in [0.4, 0.5) is 5.82 Å². The van der Waals surface area contributed by atoms with E-state index < -0.39 is 16.1 Å². The molecule has 0 saturated heterocycles. The van der Waals surface area contributed by atoms with Crippen molar-refractivity contribution in [2.45, 2.75) is 17.5 Å². The maximum Gasteiger partial charge on any atom is 0.243 e. The van der Waals surface area contributed by atoms with E-state index in [1.54, 1.807) is 18.3 Å². The summed E-state index contributed by atoms with van der Waals surface area (Å²) < 4.78 is 29.9. The Kier molecular flexibility index (Phi) is 5.47. The zero-order valence-corrected chi connectivity index (χ0v) is 21.2. The van der Waals surface area contributed by atoms with Gasteiger partial charge in [0.05, 0.1) is 27.5 Å². The average Bonchev–Trinajstić information content (AvgIpc) is 3.28. The Bertz CT molecular complexity index is 1900. The van der Waals surface area contributed by atoms with Crippen LogP contribution in [0, 0.1) is 0 Å². The number of amides is 1. The summed E-state index contributed by atoms with van der Waals surface area (Å²) in [6, 6.07) is 14.2. The third-order valence-corrected chi connectivity index (χ3v) is 8.26. The van der Waals surface area contributed by atoms with Crippen molar-refractivity contribution in [3.63, 3.8) is 0 Å². The van der Waals surface area contributed by atoms with E-state index >= 15 is 0 Å². The number of anilines is 1. The molecule has 0 saturated carbocycles. The number of aromatic nitrogens is 4. The quantitative estimate of drug-likeness (QED) is 0.299. The van der Waals surface area contributed by atoms with E-state index in [2.05, 4.69) is 31.6 Å². The lowest BCUT2D eigenvalue weighted by Gasteiger charge is -2.29. The predicted molar refractivity (Wildman–Crippen MR) is 145 cm³/mol. The average molecular weight is 526 g/mol. The van der Waals surface area contributed by atoms with Crippen LogP contribution in [0.15, 0.2) is 78.6 Å². The first-order valence-electron chi connectivity index (χ1n) is 11.8. The van der Waals surface area contributed by atoms with Crippen LogP contribution in [0.25, 0.3) is 44.3 Å². The number of hydrogen-bond donors (Lipinski definition) is 3. The van der Waals surface area contributed by atoms with E-state index in [0.29, 0.717) is 23.1 Å². The molecule has 0 aliphatic carbocycles. The van der Waals surface area contributed by atoms with Crippen molar-refractivity contribution in [2.75, 3.05) is 12.8 Å². The van der Waals surface area contributed by atoms with E-state index in [0.717, 1.165) is 33.3 Å². The van der Waals surface area contributed by atoms with Crippen LogP contribution >= 0.6 is 0 Å². The molecule has 5 aromatic rings. The summed E-state index contributed by atoms with van der Waals surface area (Å²) in [6.45, 7) is 3.90. The second-order valence-corrected chi connectivity index (χ2v) is 10.8. The number of nitrogens with one attached hydrogen (secondary N) is 2. The number of nitrogens with zero attached hydrogens (tertiary/aromatic N) is 4. The standard InChI is InChI=1S/C27H23N7O3S/c1-3-22(35)33-21-13-34-25(19-11-17(8-9-18(19)21)38(36,37)29-2)23(24-26(28)31-14-32-27(24)34)16-10-15-6-4-5-7-20(15)30-12-16/h3-12,14,21,29H,1,13H2,2H3,(H,33,35)(H2,28,31,32). The lowest BCUT2D eigenvalue weighted by atomic mass is 9.90. The van der Waals surface area contributed by atoms with Gasteiger partial charge in [-0.1, -0.05) is 30.8 Å². The fourth-order valence-electron chi connectivity index (χ4n) is 5.10. The van der Waals surface area contributed by atoms with Gasteiger partial charge in [-0.15, -0.1) is 0 Å². The molecule has 1 amide bonds. The maximum atomic E-state index is 12.8. The van der Waals surface area contributed by atoms with E-state index in [1.165, 1.54) is 25.5 Å². The third kappa shape index (κ3) is 3.63. The van der Waals surface area contributed by atoms with Crippen LogP contribution in [-0.4, -0.2) is 40.9 Å². The van der Waals surface area contributed by atoms with Crippen LogP contribution in [0.1, 0.15) is 11.6 Å². The van der Waals surface area contributed by atoms with Gasteiger partial charge in [0.25, 0.3) is 0 Å². The third-order valence-electron chi connectivity index (χ3n) is 6.85. The summed E-state index contributed by atoms with van der Waals surface area (Å²) in [5, 5.41) is 4.53. The molecule has 6 rings (SSSR count). The number of carbonyl (C=O) groups is 1. The number of carbonyl (C=O) groups excluding carboxylic acids is 1. The Morgan fingerprint density at radius 3 is 2.76 bits per heavy atom. The van der Waals surface area contributed by atoms with Crippen LogP contribution in [-0.2, 0) is 21.4 Å². The largest absolute Gasteiger partial charge is 0.383 e. The van der Waals surface area contributed by atoms with Gasteiger partial charge in [0.2, 0.25) is 15.9 Å². The van der Waals surface area contributed by atoms with Gasteiger partial charge >= 0.3 is 0 Å². The summed E-state index contributed by atoms with van der Waals surface area (Å²) in [7, 11) is -2.39. The molecule has 4 heterocycles. The minimum Gasteiger partial charge on any atom is -0.383 e. The number of sulfonamides is 1. The minimum absolute atomic E-state index is 0.0906. The normalized spacial score (nSPS) is 14.7. The van der Waals surface area contributed by atoms with Crippen molar-refractivity contribution >= 4 is 43.7 Å². The fourth-order valence-corrected chi connectivity index (χ4v) is 5.86. The molecule has 1 aliphatic heterocycles. The summed E-state index contributed by atoms with van der Waals surface area (Å²) in [6.07, 6.45) is 4.36. The molecular formula is C27H23N7O3S. The molecule has 1 aliphatic rings. The van der Waals surface area contributed by atoms with Crippen molar-refractivity contribution < 1.29 is 13.2 Å². The highest BCUT2D eigenvalue weighted by atomic mass is 32.2. The number of hydrogen-bond acceptors (Lipinski definition) is 7. The summed E-state index contributed by atoms with van der Waals surface area (Å²) in [4.78, 5) is 25.9. The SMILES string of the molecule is C=CC(=O)NC1Cn2c(c(-c3cnc4ccccc4c3)c3c(N)ncnc32)-c2cc(S(=O)(=O)NC)ccc21. The lowest BCUT2D eigenvalue weighted by molar-refractivity contribution is -0.117. The van der Waals surface area contributed by atoms with Gasteiger partial charge in [0.1, 0.15) is 17.8 Å². The van der Waals surface area contributed by atoms with Crippen molar-refractivity contribution in [3.8, 4) is 22.4 Å². The van der Waals surface area contributed by atoms with Crippen molar-refractivity contribution in [1.82, 2.24) is 29.6 Å². The van der Waals surface area contributed by atoms with Crippen LogP contribution < -0.4 is 15.8 Å². The Morgan fingerprint density at radius 1 is 1.16 bits per heavy atom. The molecule has 4 N–H and O–H groups in total. The molecule has 1 atom stereocenters. The monoisotopic (exact) mass is 525 g/mol. The highest BCUT2D eigenvalue weighted by Gasteiger charge is 2.33. The zero-order chi connectivity index (χ0) is 26.6. The first-order valence-corrected chi connectivity index (χ1v) is 13.3. The van der Waals surface area contributed by atoms with Gasteiger partial charge in [-0.05, 0) is 43.0 Å². The lowest BCUT2D eigenvalue weighted by Crippen LogP contribution is -2.33. The van der Waals surface area contributed by atoms with E-state index in [9.17, 15) is 13.2 Å². The molecule has 11 heteroatoms. The van der Waals surface area contributed by atoms with Crippen molar-refractivity contribution in [2.24, 2.45) is 0 Å². The number of para-hydroxylation sites is 1. The minimum atomic E-state index is -3.75. The number of benzene rings is 2. The summed E-state index contributed by atoms with van der Waals surface area (Å²) >= 11 is 0. The number of pyridine rings is 1.